The minimum absolute atomic E-state index is 0.0652. The number of carbonyl (C=O) groups excluding carboxylic acids is 1. The van der Waals surface area contributed by atoms with Crippen LogP contribution >= 0.6 is 0 Å². The number of fused-ring (bicyclic) bond motifs is 3. The van der Waals surface area contributed by atoms with Gasteiger partial charge in [-0.15, -0.1) is 0 Å². The molecule has 25 heavy (non-hydrogen) atoms. The summed E-state index contributed by atoms with van der Waals surface area (Å²) < 4.78 is 5.50. The number of anilines is 1. The lowest BCUT2D eigenvalue weighted by atomic mass is 10.2. The van der Waals surface area contributed by atoms with Crippen molar-refractivity contribution in [2.45, 2.75) is 31.7 Å². The molecule has 1 saturated heterocycles. The molecule has 2 aliphatic heterocycles. The molecule has 6 nitrogen and oxygen atoms in total. The molecule has 3 heterocycles. The predicted molar refractivity (Wildman–Crippen MR) is 93.0 cm³/mol. The van der Waals surface area contributed by atoms with Crippen LogP contribution in [0.15, 0.2) is 48.7 Å². The van der Waals surface area contributed by atoms with Crippen LogP contribution in [0.1, 0.15) is 17.5 Å². The number of hydrogen-bond donors (Lipinski definition) is 1. The van der Waals surface area contributed by atoms with E-state index in [0.29, 0.717) is 26.1 Å². The first-order valence-electron chi connectivity index (χ1n) is 8.55. The molecule has 0 aliphatic carbocycles. The van der Waals surface area contributed by atoms with E-state index in [1.165, 1.54) is 0 Å². The largest absolute Gasteiger partial charge is 0.445 e. The van der Waals surface area contributed by atoms with Gasteiger partial charge in [-0.2, -0.15) is 0 Å². The molecule has 4 rings (SSSR count). The van der Waals surface area contributed by atoms with Crippen molar-refractivity contribution in [1.82, 2.24) is 9.88 Å². The highest BCUT2D eigenvalue weighted by Gasteiger charge is 2.38. The van der Waals surface area contributed by atoms with Gasteiger partial charge in [-0.1, -0.05) is 36.4 Å². The smallest absolute Gasteiger partial charge is 0.410 e. The van der Waals surface area contributed by atoms with E-state index < -0.39 is 0 Å². The minimum atomic E-state index is -0.389. The Labute approximate surface area is 146 Å². The average molecular weight is 339 g/mol. The number of hydrogen-bond acceptors (Lipinski definition) is 5. The molecule has 0 unspecified atom stereocenters. The van der Waals surface area contributed by atoms with E-state index in [1.807, 2.05) is 42.5 Å². The first-order chi connectivity index (χ1) is 12.2. The highest BCUT2D eigenvalue weighted by atomic mass is 16.6. The Hall–Kier alpha value is -2.60. The lowest BCUT2D eigenvalue weighted by Gasteiger charge is -2.26. The maximum absolute atomic E-state index is 12.6. The SMILES string of the molecule is O=C(OCc1ccccc1)N1Cc2cccnc2N2C[C@H](O)C[C@H]2C1. The van der Waals surface area contributed by atoms with Crippen LogP contribution in [0.2, 0.25) is 0 Å². The Morgan fingerprint density at radius 3 is 2.88 bits per heavy atom. The van der Waals surface area contributed by atoms with Gasteiger partial charge in [0.1, 0.15) is 12.4 Å². The fraction of sp³-hybridized carbons (Fsp3) is 0.368. The van der Waals surface area contributed by atoms with E-state index in [1.54, 1.807) is 11.1 Å². The van der Waals surface area contributed by atoms with E-state index in [2.05, 4.69) is 9.88 Å². The molecule has 0 radical (unpaired) electrons. The third-order valence-electron chi connectivity index (χ3n) is 4.79. The highest BCUT2D eigenvalue weighted by Crippen LogP contribution is 2.31. The van der Waals surface area contributed by atoms with Crippen LogP contribution in [0.4, 0.5) is 10.6 Å². The molecule has 1 aromatic carbocycles. The summed E-state index contributed by atoms with van der Waals surface area (Å²) in [5.41, 5.74) is 1.95. The number of nitrogens with zero attached hydrogens (tertiary/aromatic N) is 3. The topological polar surface area (TPSA) is 65.9 Å². The second-order valence-electron chi connectivity index (χ2n) is 6.60. The van der Waals surface area contributed by atoms with E-state index in [4.69, 9.17) is 4.74 Å². The third kappa shape index (κ3) is 3.30. The molecule has 2 aliphatic rings. The summed E-state index contributed by atoms with van der Waals surface area (Å²) >= 11 is 0. The number of ether oxygens (including phenoxy) is 1. The van der Waals surface area contributed by atoms with Gasteiger partial charge in [-0.25, -0.2) is 9.78 Å². The first kappa shape index (κ1) is 15.9. The summed E-state index contributed by atoms with van der Waals surface area (Å²) in [4.78, 5) is 20.9. The van der Waals surface area contributed by atoms with Gasteiger partial charge in [-0.3, -0.25) is 0 Å². The average Bonchev–Trinajstić information content (AvgIpc) is 2.93. The van der Waals surface area contributed by atoms with Gasteiger partial charge in [0, 0.05) is 24.8 Å². The number of amides is 1. The van der Waals surface area contributed by atoms with Crippen LogP contribution < -0.4 is 4.90 Å². The Bertz CT molecular complexity index is 753. The molecule has 0 saturated carbocycles. The van der Waals surface area contributed by atoms with E-state index in [0.717, 1.165) is 16.9 Å². The molecule has 0 bridgehead atoms. The molecule has 2 atom stereocenters. The zero-order valence-corrected chi connectivity index (χ0v) is 13.9. The van der Waals surface area contributed by atoms with Crippen molar-refractivity contribution in [3.8, 4) is 0 Å². The molecule has 6 heteroatoms. The number of carbonyl (C=O) groups is 1. The molecule has 1 fully saturated rings. The van der Waals surface area contributed by atoms with E-state index >= 15 is 0 Å². The van der Waals surface area contributed by atoms with Gasteiger partial charge in [0.15, 0.2) is 0 Å². The van der Waals surface area contributed by atoms with Gasteiger partial charge in [0.25, 0.3) is 0 Å². The van der Waals surface area contributed by atoms with Crippen molar-refractivity contribution in [3.63, 3.8) is 0 Å². The van der Waals surface area contributed by atoms with Crippen molar-refractivity contribution in [2.75, 3.05) is 18.0 Å². The van der Waals surface area contributed by atoms with Gasteiger partial charge >= 0.3 is 6.09 Å². The first-order valence-corrected chi connectivity index (χ1v) is 8.55. The van der Waals surface area contributed by atoms with Crippen molar-refractivity contribution < 1.29 is 14.6 Å². The second-order valence-corrected chi connectivity index (χ2v) is 6.60. The summed E-state index contributed by atoms with van der Waals surface area (Å²) in [6, 6.07) is 13.6. The maximum atomic E-state index is 12.6. The fourth-order valence-electron chi connectivity index (χ4n) is 3.61. The Balaban J connectivity index is 1.51. The summed E-state index contributed by atoms with van der Waals surface area (Å²) in [7, 11) is 0. The van der Waals surface area contributed by atoms with Gasteiger partial charge in [-0.05, 0) is 18.1 Å². The van der Waals surface area contributed by atoms with Crippen LogP contribution in [0.5, 0.6) is 0 Å². The molecule has 0 spiro atoms. The molecule has 1 aromatic heterocycles. The quantitative estimate of drug-likeness (QED) is 0.908. The second kappa shape index (κ2) is 6.72. The summed E-state index contributed by atoms with van der Waals surface area (Å²) in [5, 5.41) is 10.1. The van der Waals surface area contributed by atoms with Gasteiger partial charge < -0.3 is 19.6 Å². The van der Waals surface area contributed by atoms with Gasteiger partial charge in [0.2, 0.25) is 0 Å². The number of aliphatic hydroxyl groups is 1. The number of benzene rings is 1. The Morgan fingerprint density at radius 2 is 2.04 bits per heavy atom. The van der Waals surface area contributed by atoms with E-state index in [-0.39, 0.29) is 24.8 Å². The number of rotatable bonds is 2. The summed E-state index contributed by atoms with van der Waals surface area (Å²) in [6.45, 7) is 1.82. The lowest BCUT2D eigenvalue weighted by Crippen LogP contribution is -2.40. The van der Waals surface area contributed by atoms with Crippen molar-refractivity contribution in [1.29, 1.82) is 0 Å². The number of pyridine rings is 1. The maximum Gasteiger partial charge on any atom is 0.410 e. The Kier molecular flexibility index (Phi) is 4.28. The van der Waals surface area contributed by atoms with E-state index in [9.17, 15) is 9.90 Å². The van der Waals surface area contributed by atoms with Crippen molar-refractivity contribution >= 4 is 11.9 Å². The minimum Gasteiger partial charge on any atom is -0.445 e. The molecular formula is C19H21N3O3. The molecule has 1 N–H and O–H groups in total. The lowest BCUT2D eigenvalue weighted by molar-refractivity contribution is 0.0914. The number of aromatic nitrogens is 1. The van der Waals surface area contributed by atoms with Crippen LogP contribution in [-0.2, 0) is 17.9 Å². The van der Waals surface area contributed by atoms with Crippen LogP contribution in [0.25, 0.3) is 0 Å². The monoisotopic (exact) mass is 339 g/mol. The molecule has 1 amide bonds. The standard InChI is InChI=1S/C19H21N3O3/c23-17-9-16-11-21(19(24)25-13-14-5-2-1-3-6-14)10-15-7-4-8-20-18(15)22(16)12-17/h1-8,16-17,23H,9-13H2/t16-,17+/m0/s1. The fourth-order valence-corrected chi connectivity index (χ4v) is 3.61. The van der Waals surface area contributed by atoms with Crippen molar-refractivity contribution in [3.05, 3.63) is 59.8 Å². The molecule has 130 valence electrons. The highest BCUT2D eigenvalue weighted by molar-refractivity contribution is 5.69. The van der Waals surface area contributed by atoms with Crippen LogP contribution in [0.3, 0.4) is 0 Å². The third-order valence-corrected chi connectivity index (χ3v) is 4.79. The summed E-state index contributed by atoms with van der Waals surface area (Å²) in [6.07, 6.45) is 1.67. The molecule has 2 aromatic rings. The zero-order valence-electron chi connectivity index (χ0n) is 13.9. The zero-order chi connectivity index (χ0) is 17.2. The normalized spacial score (nSPS) is 22.1. The van der Waals surface area contributed by atoms with Crippen molar-refractivity contribution in [2.24, 2.45) is 0 Å². The van der Waals surface area contributed by atoms with Crippen LogP contribution in [0, 0.1) is 0 Å². The van der Waals surface area contributed by atoms with Gasteiger partial charge in [0.05, 0.1) is 18.7 Å². The van der Waals surface area contributed by atoms with Crippen LogP contribution in [-0.4, -0.2) is 46.3 Å². The Morgan fingerprint density at radius 1 is 1.20 bits per heavy atom. The molecular weight excluding hydrogens is 318 g/mol. The summed E-state index contributed by atoms with van der Waals surface area (Å²) in [5.74, 6) is 0.863. The number of aliphatic hydroxyl groups excluding tert-OH is 1. The predicted octanol–water partition coefficient (Wildman–Crippen LogP) is 2.17.